The number of nitrogens with zero attached hydrogens (tertiary/aromatic N) is 7. The van der Waals surface area contributed by atoms with E-state index in [0.717, 1.165) is 35.7 Å². The van der Waals surface area contributed by atoms with Crippen molar-refractivity contribution in [2.75, 3.05) is 24.6 Å². The van der Waals surface area contributed by atoms with Crippen LogP contribution in [0.3, 0.4) is 0 Å². The molecular formula is C19H19N7O. The Hall–Kier alpha value is -3.26. The fourth-order valence-corrected chi connectivity index (χ4v) is 3.44. The molecule has 0 spiro atoms. The summed E-state index contributed by atoms with van der Waals surface area (Å²) in [6, 6.07) is 12.2. The minimum atomic E-state index is -0.0245. The van der Waals surface area contributed by atoms with Crippen LogP contribution in [-0.4, -0.2) is 49.1 Å². The van der Waals surface area contributed by atoms with Crippen LogP contribution in [0.25, 0.3) is 17.0 Å². The molecule has 5 rings (SSSR count). The first-order valence-corrected chi connectivity index (χ1v) is 8.89. The Balaban J connectivity index is 1.53. The third-order valence-electron chi connectivity index (χ3n) is 4.79. The molecule has 0 amide bonds. The Bertz CT molecular complexity index is 1070. The SMILES string of the molecule is Cn1cc(C2CN(c3cc(-c4ccccc4)n4ncnc4n3)CCO2)cn1. The quantitative estimate of drug-likeness (QED) is 0.556. The van der Waals surface area contributed by atoms with Crippen molar-refractivity contribution in [3.8, 4) is 11.3 Å². The monoisotopic (exact) mass is 361 g/mol. The summed E-state index contributed by atoms with van der Waals surface area (Å²) in [5.41, 5.74) is 3.13. The van der Waals surface area contributed by atoms with Gasteiger partial charge in [-0.15, -0.1) is 0 Å². The third-order valence-corrected chi connectivity index (χ3v) is 4.79. The van der Waals surface area contributed by atoms with Gasteiger partial charge in [0, 0.05) is 43.5 Å². The summed E-state index contributed by atoms with van der Waals surface area (Å²) in [6.45, 7) is 2.14. The van der Waals surface area contributed by atoms with E-state index in [1.807, 2.05) is 37.6 Å². The summed E-state index contributed by atoms with van der Waals surface area (Å²) in [5.74, 6) is 1.47. The van der Waals surface area contributed by atoms with Gasteiger partial charge in [-0.25, -0.2) is 0 Å². The molecule has 1 aliphatic heterocycles. The normalized spacial score (nSPS) is 17.5. The van der Waals surface area contributed by atoms with Gasteiger partial charge in [-0.05, 0) is 0 Å². The molecular weight excluding hydrogens is 342 g/mol. The highest BCUT2D eigenvalue weighted by Gasteiger charge is 2.25. The van der Waals surface area contributed by atoms with Gasteiger partial charge in [-0.3, -0.25) is 4.68 Å². The molecule has 27 heavy (non-hydrogen) atoms. The van der Waals surface area contributed by atoms with Crippen LogP contribution in [0.5, 0.6) is 0 Å². The average Bonchev–Trinajstić information content (AvgIpc) is 3.37. The summed E-state index contributed by atoms with van der Waals surface area (Å²) >= 11 is 0. The van der Waals surface area contributed by atoms with Crippen molar-refractivity contribution >= 4 is 11.6 Å². The molecule has 3 aromatic heterocycles. The van der Waals surface area contributed by atoms with Gasteiger partial charge in [0.1, 0.15) is 18.2 Å². The van der Waals surface area contributed by atoms with E-state index in [1.54, 1.807) is 9.20 Å². The van der Waals surface area contributed by atoms with E-state index < -0.39 is 0 Å². The van der Waals surface area contributed by atoms with Gasteiger partial charge in [-0.2, -0.15) is 24.7 Å². The average molecular weight is 361 g/mol. The van der Waals surface area contributed by atoms with Gasteiger partial charge in [0.15, 0.2) is 0 Å². The molecule has 8 nitrogen and oxygen atoms in total. The lowest BCUT2D eigenvalue weighted by molar-refractivity contribution is 0.0395. The molecule has 136 valence electrons. The number of hydrogen-bond acceptors (Lipinski definition) is 6. The van der Waals surface area contributed by atoms with Gasteiger partial charge in [0.25, 0.3) is 5.78 Å². The molecule has 0 saturated carbocycles. The van der Waals surface area contributed by atoms with Crippen LogP contribution in [-0.2, 0) is 11.8 Å². The molecule has 0 radical (unpaired) electrons. The summed E-state index contributed by atoms with van der Waals surface area (Å²) in [7, 11) is 1.91. The maximum Gasteiger partial charge on any atom is 0.254 e. The molecule has 4 heterocycles. The Labute approximate surface area is 156 Å². The topological polar surface area (TPSA) is 73.4 Å². The zero-order valence-electron chi connectivity index (χ0n) is 14.9. The Morgan fingerprint density at radius 2 is 2.04 bits per heavy atom. The van der Waals surface area contributed by atoms with Crippen LogP contribution in [0.15, 0.2) is 55.1 Å². The second kappa shape index (κ2) is 6.48. The molecule has 1 unspecified atom stereocenters. The van der Waals surface area contributed by atoms with E-state index in [2.05, 4.69) is 38.3 Å². The van der Waals surface area contributed by atoms with Crippen LogP contribution >= 0.6 is 0 Å². The molecule has 1 atom stereocenters. The fourth-order valence-electron chi connectivity index (χ4n) is 3.44. The summed E-state index contributed by atoms with van der Waals surface area (Å²) in [6.07, 6.45) is 5.37. The van der Waals surface area contributed by atoms with Crippen LogP contribution in [0.4, 0.5) is 5.82 Å². The predicted octanol–water partition coefficient (Wildman–Crippen LogP) is 2.10. The predicted molar refractivity (Wildman–Crippen MR) is 100 cm³/mol. The Morgan fingerprint density at radius 1 is 1.15 bits per heavy atom. The summed E-state index contributed by atoms with van der Waals surface area (Å²) in [5, 5.41) is 8.59. The van der Waals surface area contributed by atoms with Gasteiger partial charge >= 0.3 is 0 Å². The van der Waals surface area contributed by atoms with Gasteiger partial charge in [0.2, 0.25) is 0 Å². The van der Waals surface area contributed by atoms with Crippen molar-refractivity contribution in [3.63, 3.8) is 0 Å². The van der Waals surface area contributed by atoms with Gasteiger partial charge in [-0.1, -0.05) is 30.3 Å². The van der Waals surface area contributed by atoms with Crippen LogP contribution in [0.2, 0.25) is 0 Å². The third kappa shape index (κ3) is 2.93. The van der Waals surface area contributed by atoms with E-state index in [0.29, 0.717) is 12.4 Å². The lowest BCUT2D eigenvalue weighted by Crippen LogP contribution is -2.39. The maximum atomic E-state index is 5.96. The lowest BCUT2D eigenvalue weighted by Gasteiger charge is -2.33. The number of ether oxygens (including phenoxy) is 1. The second-order valence-corrected chi connectivity index (χ2v) is 6.59. The van der Waals surface area contributed by atoms with E-state index >= 15 is 0 Å². The van der Waals surface area contributed by atoms with Crippen LogP contribution in [0, 0.1) is 0 Å². The molecule has 1 saturated heterocycles. The zero-order chi connectivity index (χ0) is 18.2. The lowest BCUT2D eigenvalue weighted by atomic mass is 10.1. The second-order valence-electron chi connectivity index (χ2n) is 6.59. The number of hydrogen-bond donors (Lipinski definition) is 0. The van der Waals surface area contributed by atoms with Crippen molar-refractivity contribution in [2.24, 2.45) is 7.05 Å². The van der Waals surface area contributed by atoms with E-state index in [-0.39, 0.29) is 6.10 Å². The Kier molecular flexibility index (Phi) is 3.83. The van der Waals surface area contributed by atoms with Gasteiger partial charge < -0.3 is 9.64 Å². The highest BCUT2D eigenvalue weighted by molar-refractivity contribution is 5.66. The smallest absolute Gasteiger partial charge is 0.254 e. The molecule has 0 bridgehead atoms. The van der Waals surface area contributed by atoms with Crippen molar-refractivity contribution in [1.29, 1.82) is 0 Å². The van der Waals surface area contributed by atoms with E-state index in [1.165, 1.54) is 6.33 Å². The highest BCUT2D eigenvalue weighted by Crippen LogP contribution is 2.28. The maximum absolute atomic E-state index is 5.96. The van der Waals surface area contributed by atoms with Crippen LogP contribution in [0.1, 0.15) is 11.7 Å². The number of anilines is 1. The van der Waals surface area contributed by atoms with Crippen LogP contribution < -0.4 is 4.90 Å². The standard InChI is InChI=1S/C19H19N7O/c1-24-11-15(10-21-24)17-12-25(7-8-27-17)18-9-16(14-5-3-2-4-6-14)26-19(23-18)20-13-22-26/h2-6,9-11,13,17H,7-8,12H2,1H3. The molecule has 1 fully saturated rings. The first-order chi connectivity index (χ1) is 13.3. The van der Waals surface area contributed by atoms with E-state index in [9.17, 15) is 0 Å². The number of aromatic nitrogens is 6. The molecule has 1 aromatic carbocycles. The number of morpholine rings is 1. The van der Waals surface area contributed by atoms with Crippen molar-refractivity contribution in [1.82, 2.24) is 29.4 Å². The minimum absolute atomic E-state index is 0.0245. The highest BCUT2D eigenvalue weighted by atomic mass is 16.5. The number of fused-ring (bicyclic) bond motifs is 1. The first kappa shape index (κ1) is 16.0. The summed E-state index contributed by atoms with van der Waals surface area (Å²) < 4.78 is 9.53. The zero-order valence-corrected chi connectivity index (χ0v) is 14.9. The summed E-state index contributed by atoms with van der Waals surface area (Å²) in [4.78, 5) is 11.3. The first-order valence-electron chi connectivity index (χ1n) is 8.89. The van der Waals surface area contributed by atoms with Crippen molar-refractivity contribution in [3.05, 3.63) is 60.7 Å². The van der Waals surface area contributed by atoms with E-state index in [4.69, 9.17) is 9.72 Å². The molecule has 8 heteroatoms. The Morgan fingerprint density at radius 3 is 2.85 bits per heavy atom. The number of aryl methyl sites for hydroxylation is 1. The fraction of sp³-hybridized carbons (Fsp3) is 0.263. The molecule has 1 aliphatic rings. The van der Waals surface area contributed by atoms with Crippen molar-refractivity contribution < 1.29 is 4.74 Å². The van der Waals surface area contributed by atoms with Crippen molar-refractivity contribution in [2.45, 2.75) is 6.10 Å². The largest absolute Gasteiger partial charge is 0.370 e. The minimum Gasteiger partial charge on any atom is -0.370 e. The van der Waals surface area contributed by atoms with Gasteiger partial charge in [0.05, 0.1) is 18.5 Å². The number of benzene rings is 1. The number of rotatable bonds is 3. The molecule has 4 aromatic rings. The molecule has 0 aliphatic carbocycles. The molecule has 0 N–H and O–H groups in total.